The molecule has 28 heavy (non-hydrogen) atoms. The number of hydrogen-bond donors (Lipinski definition) is 0. The van der Waals surface area contributed by atoms with Crippen molar-refractivity contribution >= 4 is 11.1 Å². The maximum Gasteiger partial charge on any atom is -0.0227 e. The fourth-order valence-corrected chi connectivity index (χ4v) is 5.17. The first-order chi connectivity index (χ1) is 13.8. The average Bonchev–Trinajstić information content (AvgIpc) is 2.75. The highest BCUT2D eigenvalue weighted by Crippen LogP contribution is 2.35. The van der Waals surface area contributed by atoms with E-state index in [9.17, 15) is 0 Å². The molecule has 1 aromatic rings. The van der Waals surface area contributed by atoms with Crippen LogP contribution in [0.4, 0.5) is 0 Å². The molecule has 2 aliphatic rings. The summed E-state index contributed by atoms with van der Waals surface area (Å²) in [7, 11) is 0. The second-order valence-electron chi connectivity index (χ2n) is 9.31. The topological polar surface area (TPSA) is 0 Å². The van der Waals surface area contributed by atoms with Crippen LogP contribution in [0.5, 0.6) is 0 Å². The summed E-state index contributed by atoms with van der Waals surface area (Å²) in [6.07, 6.45) is 24.2. The molecule has 2 unspecified atom stereocenters. The molecule has 1 aromatic carbocycles. The van der Waals surface area contributed by atoms with Crippen molar-refractivity contribution in [3.8, 4) is 0 Å². The molecule has 0 amide bonds. The van der Waals surface area contributed by atoms with E-state index in [2.05, 4.69) is 50.3 Å². The minimum absolute atomic E-state index is 0.931. The minimum atomic E-state index is 0.931. The van der Waals surface area contributed by atoms with Crippen LogP contribution in [0.15, 0.2) is 36.4 Å². The Labute approximate surface area is 174 Å². The largest absolute Gasteiger partial charge is 0.0804 e. The molecule has 154 valence electrons. The summed E-state index contributed by atoms with van der Waals surface area (Å²) in [4.78, 5) is 0. The SMILES string of the molecule is CCCCCCCC1CC=C(c2ccc(C3=CCC(CCC)CC3)cc2)CC1. The van der Waals surface area contributed by atoms with E-state index < -0.39 is 0 Å². The number of unbranched alkanes of at least 4 members (excludes halogenated alkanes) is 4. The van der Waals surface area contributed by atoms with Gasteiger partial charge in [-0.3, -0.25) is 0 Å². The lowest BCUT2D eigenvalue weighted by atomic mass is 9.82. The van der Waals surface area contributed by atoms with E-state index in [1.165, 1.54) is 101 Å². The molecule has 0 heteroatoms. The monoisotopic (exact) mass is 378 g/mol. The molecule has 0 fully saturated rings. The van der Waals surface area contributed by atoms with Crippen molar-refractivity contribution < 1.29 is 0 Å². The maximum absolute atomic E-state index is 2.55. The molecule has 0 heterocycles. The maximum atomic E-state index is 2.55. The van der Waals surface area contributed by atoms with Crippen LogP contribution in [0, 0.1) is 11.8 Å². The van der Waals surface area contributed by atoms with Gasteiger partial charge >= 0.3 is 0 Å². The zero-order chi connectivity index (χ0) is 19.6. The number of rotatable bonds is 10. The van der Waals surface area contributed by atoms with E-state index in [0.717, 1.165) is 11.8 Å². The van der Waals surface area contributed by atoms with Gasteiger partial charge in [-0.05, 0) is 72.6 Å². The Hall–Kier alpha value is -1.30. The summed E-state index contributed by atoms with van der Waals surface area (Å²) in [5.41, 5.74) is 6.10. The van der Waals surface area contributed by atoms with Gasteiger partial charge in [-0.25, -0.2) is 0 Å². The molecule has 0 aromatic heterocycles. The molecule has 0 nitrogen and oxygen atoms in total. The third-order valence-electron chi connectivity index (χ3n) is 7.08. The highest BCUT2D eigenvalue weighted by Gasteiger charge is 2.17. The summed E-state index contributed by atoms with van der Waals surface area (Å²) < 4.78 is 0. The predicted molar refractivity (Wildman–Crippen MR) is 125 cm³/mol. The Bertz CT molecular complexity index is 631. The van der Waals surface area contributed by atoms with Crippen LogP contribution in [0.25, 0.3) is 11.1 Å². The summed E-state index contributed by atoms with van der Waals surface area (Å²) in [6.45, 7) is 4.61. The van der Waals surface area contributed by atoms with E-state index in [-0.39, 0.29) is 0 Å². The Kier molecular flexibility index (Phi) is 8.90. The van der Waals surface area contributed by atoms with E-state index in [1.54, 1.807) is 11.1 Å². The van der Waals surface area contributed by atoms with Gasteiger partial charge in [-0.1, -0.05) is 102 Å². The summed E-state index contributed by atoms with van der Waals surface area (Å²) in [6, 6.07) is 9.51. The highest BCUT2D eigenvalue weighted by atomic mass is 14.2. The van der Waals surface area contributed by atoms with Crippen molar-refractivity contribution in [1.29, 1.82) is 0 Å². The van der Waals surface area contributed by atoms with E-state index in [0.29, 0.717) is 0 Å². The van der Waals surface area contributed by atoms with Crippen LogP contribution in [0.1, 0.15) is 115 Å². The predicted octanol–water partition coefficient (Wildman–Crippen LogP) is 9.21. The third-order valence-corrected chi connectivity index (χ3v) is 7.08. The summed E-state index contributed by atoms with van der Waals surface area (Å²) in [5, 5.41) is 0. The second kappa shape index (κ2) is 11.6. The Morgan fingerprint density at radius 1 is 0.643 bits per heavy atom. The van der Waals surface area contributed by atoms with Crippen molar-refractivity contribution in [2.24, 2.45) is 11.8 Å². The lowest BCUT2D eigenvalue weighted by molar-refractivity contribution is 0.423. The molecule has 0 bridgehead atoms. The molecule has 3 rings (SSSR count). The van der Waals surface area contributed by atoms with Crippen molar-refractivity contribution in [1.82, 2.24) is 0 Å². The fourth-order valence-electron chi connectivity index (χ4n) is 5.17. The number of hydrogen-bond acceptors (Lipinski definition) is 0. The zero-order valence-electron chi connectivity index (χ0n) is 18.5. The van der Waals surface area contributed by atoms with Crippen LogP contribution >= 0.6 is 0 Å². The van der Waals surface area contributed by atoms with Gasteiger partial charge in [-0.15, -0.1) is 0 Å². The smallest absolute Gasteiger partial charge is 0.0227 e. The van der Waals surface area contributed by atoms with E-state index in [4.69, 9.17) is 0 Å². The van der Waals surface area contributed by atoms with Gasteiger partial charge in [0.05, 0.1) is 0 Å². The normalized spacial score (nSPS) is 22.6. The van der Waals surface area contributed by atoms with E-state index in [1.807, 2.05) is 0 Å². The Balaban J connectivity index is 1.48. The molecule has 0 aliphatic heterocycles. The van der Waals surface area contributed by atoms with Crippen molar-refractivity contribution in [2.45, 2.75) is 104 Å². The van der Waals surface area contributed by atoms with Crippen molar-refractivity contribution in [3.05, 3.63) is 47.5 Å². The van der Waals surface area contributed by atoms with Gasteiger partial charge < -0.3 is 0 Å². The second-order valence-corrected chi connectivity index (χ2v) is 9.31. The zero-order valence-corrected chi connectivity index (χ0v) is 18.5. The van der Waals surface area contributed by atoms with Gasteiger partial charge in [-0.2, -0.15) is 0 Å². The van der Waals surface area contributed by atoms with Gasteiger partial charge in [0.25, 0.3) is 0 Å². The first-order valence-electron chi connectivity index (χ1n) is 12.3. The van der Waals surface area contributed by atoms with Crippen molar-refractivity contribution in [2.75, 3.05) is 0 Å². The Morgan fingerprint density at radius 2 is 1.18 bits per heavy atom. The molecule has 0 spiro atoms. The standard InChI is InChI=1S/C28H42/c1-3-5-6-7-8-10-24-13-17-26(18-14-24)28-21-19-27(20-22-28)25-15-11-23(9-4-2)12-16-25/h15,17,19-24H,3-14,16,18H2,1-2H3. The third kappa shape index (κ3) is 6.36. The lowest BCUT2D eigenvalue weighted by Gasteiger charge is -2.23. The van der Waals surface area contributed by atoms with Crippen LogP contribution in [-0.4, -0.2) is 0 Å². The molecular formula is C28H42. The minimum Gasteiger partial charge on any atom is -0.0804 e. The summed E-state index contributed by atoms with van der Waals surface area (Å²) in [5.74, 6) is 1.87. The van der Waals surface area contributed by atoms with Gasteiger partial charge in [0.2, 0.25) is 0 Å². The first-order valence-corrected chi connectivity index (χ1v) is 12.3. The molecule has 0 N–H and O–H groups in total. The van der Waals surface area contributed by atoms with Gasteiger partial charge in [0.15, 0.2) is 0 Å². The van der Waals surface area contributed by atoms with Gasteiger partial charge in [0.1, 0.15) is 0 Å². The molecule has 0 saturated heterocycles. The molecule has 0 saturated carbocycles. The van der Waals surface area contributed by atoms with E-state index >= 15 is 0 Å². The lowest BCUT2D eigenvalue weighted by Crippen LogP contribution is -2.06. The van der Waals surface area contributed by atoms with Gasteiger partial charge in [0, 0.05) is 0 Å². The average molecular weight is 379 g/mol. The van der Waals surface area contributed by atoms with Crippen LogP contribution in [-0.2, 0) is 0 Å². The number of allylic oxidation sites excluding steroid dienone is 4. The highest BCUT2D eigenvalue weighted by molar-refractivity contribution is 5.71. The van der Waals surface area contributed by atoms with Crippen molar-refractivity contribution in [3.63, 3.8) is 0 Å². The van der Waals surface area contributed by atoms with Crippen LogP contribution in [0.2, 0.25) is 0 Å². The Morgan fingerprint density at radius 3 is 1.64 bits per heavy atom. The van der Waals surface area contributed by atoms with Crippen LogP contribution in [0.3, 0.4) is 0 Å². The number of benzene rings is 1. The quantitative estimate of drug-likeness (QED) is 0.356. The molecular weight excluding hydrogens is 336 g/mol. The first kappa shape index (κ1) is 21.4. The summed E-state index contributed by atoms with van der Waals surface area (Å²) >= 11 is 0. The fraction of sp³-hybridized carbons (Fsp3) is 0.643. The molecule has 2 atom stereocenters. The van der Waals surface area contributed by atoms with Crippen LogP contribution < -0.4 is 0 Å². The molecule has 2 aliphatic carbocycles. The molecule has 0 radical (unpaired) electrons.